The first kappa shape index (κ1) is 36.7. The molecule has 0 aliphatic heterocycles. The van der Waals surface area contributed by atoms with Gasteiger partial charge in [0.05, 0.1) is 0 Å². The second-order valence-electron chi connectivity index (χ2n) is 13.4. The summed E-state index contributed by atoms with van der Waals surface area (Å²) in [5.74, 6) is 3.67. The van der Waals surface area contributed by atoms with E-state index in [2.05, 4.69) is 66.7 Å². The van der Waals surface area contributed by atoms with Crippen LogP contribution in [0.2, 0.25) is 0 Å². The normalized spacial score (nSPS) is 24.0. The van der Waals surface area contributed by atoms with Crippen LogP contribution in [-0.4, -0.2) is 4.98 Å². The average molecular weight is 755 g/mol. The topological polar surface area (TPSA) is 27.0 Å². The van der Waals surface area contributed by atoms with Gasteiger partial charge in [0.25, 0.3) is 0 Å². The molecule has 0 amide bonds. The van der Waals surface area contributed by atoms with Gasteiger partial charge in [-0.25, -0.2) is 0 Å². The molecule has 2 nitrogen and oxygen atoms in total. The molecule has 4 unspecified atom stereocenters. The van der Waals surface area contributed by atoms with Gasteiger partial charge in [-0.1, -0.05) is 129 Å². The predicted octanol–water partition coefficient (Wildman–Crippen LogP) is 12.6. The summed E-state index contributed by atoms with van der Waals surface area (Å²) < 4.78 is 0. The first-order valence-corrected chi connectivity index (χ1v) is 16.7. The fourth-order valence-corrected chi connectivity index (χ4v) is 9.07. The molecule has 0 bridgehead atoms. The Bertz CT molecular complexity index is 1220. The van der Waals surface area contributed by atoms with Gasteiger partial charge in [-0.05, 0) is 80.4 Å². The number of nitrogens with zero attached hydrogens (tertiary/aromatic N) is 2. The van der Waals surface area contributed by atoms with Crippen molar-refractivity contribution in [2.45, 2.75) is 120 Å². The molecule has 4 fully saturated rings. The van der Waals surface area contributed by atoms with Crippen molar-refractivity contribution in [1.29, 1.82) is 0 Å². The molecule has 4 aliphatic rings. The smallest absolute Gasteiger partial charge is 0.0440 e. The first-order valence-electron chi connectivity index (χ1n) is 16.7. The molecule has 1 heterocycles. The molecule has 4 atom stereocenters. The maximum atomic E-state index is 5.79. The third-order valence-corrected chi connectivity index (χ3v) is 11.1. The van der Waals surface area contributed by atoms with Crippen LogP contribution in [0, 0.1) is 34.1 Å². The molecular formula is C41H56HfN2-4. The molecule has 4 aliphatic carbocycles. The first-order chi connectivity index (χ1) is 19.8. The van der Waals surface area contributed by atoms with Gasteiger partial charge in [-0.3, -0.25) is 4.98 Å². The summed E-state index contributed by atoms with van der Waals surface area (Å²) in [6.45, 7) is 0. The van der Waals surface area contributed by atoms with Crippen molar-refractivity contribution in [1.82, 2.24) is 4.98 Å². The summed E-state index contributed by atoms with van der Waals surface area (Å²) in [5, 5.41) is 5.79. The Morgan fingerprint density at radius 1 is 0.568 bits per heavy atom. The largest absolute Gasteiger partial charge is 0.673 e. The maximum absolute atomic E-state index is 5.79. The monoisotopic (exact) mass is 756 g/mol. The van der Waals surface area contributed by atoms with Crippen molar-refractivity contribution in [3.63, 3.8) is 0 Å². The molecule has 44 heavy (non-hydrogen) atoms. The molecule has 0 N–H and O–H groups in total. The zero-order valence-corrected chi connectivity index (χ0v) is 31.4. The number of aromatic nitrogens is 1. The molecular weight excluding hydrogens is 699 g/mol. The molecule has 0 spiro atoms. The van der Waals surface area contributed by atoms with E-state index in [1.807, 2.05) is 0 Å². The van der Waals surface area contributed by atoms with E-state index in [9.17, 15) is 0 Å². The number of pyridine rings is 1. The zero-order valence-electron chi connectivity index (χ0n) is 27.8. The number of fused-ring (bicyclic) bond motifs is 1. The van der Waals surface area contributed by atoms with Gasteiger partial charge in [-0.2, -0.15) is 0 Å². The van der Waals surface area contributed by atoms with Crippen molar-refractivity contribution in [2.24, 2.45) is 11.8 Å². The molecule has 0 radical (unpaired) electrons. The number of para-hydroxylation sites is 1. The van der Waals surface area contributed by atoms with Crippen LogP contribution in [0.4, 0.5) is 5.69 Å². The fourth-order valence-electron chi connectivity index (χ4n) is 9.07. The Kier molecular flexibility index (Phi) is 14.4. The summed E-state index contributed by atoms with van der Waals surface area (Å²) in [4.78, 5) is 5.52. The van der Waals surface area contributed by atoms with Crippen molar-refractivity contribution in [2.75, 3.05) is 0 Å². The van der Waals surface area contributed by atoms with Crippen LogP contribution in [0.15, 0.2) is 66.7 Å². The van der Waals surface area contributed by atoms with E-state index < -0.39 is 0 Å². The Labute approximate surface area is 289 Å². The second-order valence-corrected chi connectivity index (χ2v) is 13.4. The van der Waals surface area contributed by atoms with Crippen LogP contribution < -0.4 is 0 Å². The van der Waals surface area contributed by atoms with Crippen molar-refractivity contribution in [3.8, 4) is 0 Å². The summed E-state index contributed by atoms with van der Waals surface area (Å²) in [6.07, 6.45) is 20.4. The van der Waals surface area contributed by atoms with E-state index in [0.717, 1.165) is 17.5 Å². The average Bonchev–Trinajstić information content (AvgIpc) is 3.76. The van der Waals surface area contributed by atoms with Gasteiger partial charge in [0, 0.05) is 43.1 Å². The van der Waals surface area contributed by atoms with Gasteiger partial charge in [0.2, 0.25) is 0 Å². The Morgan fingerprint density at radius 2 is 1.14 bits per heavy atom. The molecule has 238 valence electrons. The molecule has 3 aromatic rings. The maximum Gasteiger partial charge on any atom is 0.0440 e. The van der Waals surface area contributed by atoms with E-state index in [4.69, 9.17) is 10.3 Å². The predicted molar refractivity (Wildman–Crippen MR) is 186 cm³/mol. The Balaban J connectivity index is 0.00000132. The SMILES string of the molecule is [CH3-].[CH3-].[CH3-].[Hf].c1ccc(C([N-]c2c(C3CCCC3)cccc2C2CCCC2)c2cccc(C3CCCC4CCCCC43)n2)cc1. The minimum atomic E-state index is -0.0606. The quantitative estimate of drug-likeness (QED) is 0.174. The second kappa shape index (κ2) is 17.3. The summed E-state index contributed by atoms with van der Waals surface area (Å²) in [5.41, 5.74) is 8.08. The van der Waals surface area contributed by atoms with E-state index in [1.54, 1.807) is 0 Å². The molecule has 0 saturated heterocycles. The zero-order chi connectivity index (χ0) is 26.7. The summed E-state index contributed by atoms with van der Waals surface area (Å²) in [7, 11) is 0. The number of rotatable bonds is 7. The molecule has 7 rings (SSSR count). The van der Waals surface area contributed by atoms with Crippen molar-refractivity contribution >= 4 is 5.69 Å². The molecule has 4 saturated carbocycles. The van der Waals surface area contributed by atoms with Gasteiger partial charge in [0.15, 0.2) is 0 Å². The standard InChI is InChI=1S/C38H47N2.3CH3.Hf/c1-2-18-30(19-3-1)37(36-26-12-25-35(39-36)34-24-10-20-27-13-8-9-21-31(27)34)40-38-32(28-14-4-5-15-28)22-11-23-33(38)29-16-6-7-17-29;;;;/h1-3,11-12,18-19,22-23,25-29,31,34,37H,4-10,13-17,20-21,24H2;3*1H3;/q4*-1;. The van der Waals surface area contributed by atoms with E-state index in [-0.39, 0.29) is 54.2 Å². The minimum Gasteiger partial charge on any atom is -0.673 e. The number of hydrogen-bond donors (Lipinski definition) is 0. The van der Waals surface area contributed by atoms with Crippen LogP contribution in [0.3, 0.4) is 0 Å². The molecule has 1 aromatic heterocycles. The summed E-state index contributed by atoms with van der Waals surface area (Å²) >= 11 is 0. The number of hydrogen-bond acceptors (Lipinski definition) is 1. The van der Waals surface area contributed by atoms with E-state index in [0.29, 0.717) is 17.8 Å². The minimum absolute atomic E-state index is 0. The van der Waals surface area contributed by atoms with E-state index in [1.165, 1.54) is 124 Å². The Hall–Kier alpha value is -1.74. The third-order valence-electron chi connectivity index (χ3n) is 11.1. The van der Waals surface area contributed by atoms with Crippen LogP contribution in [0.1, 0.15) is 148 Å². The third kappa shape index (κ3) is 7.79. The van der Waals surface area contributed by atoms with Crippen molar-refractivity contribution < 1.29 is 25.8 Å². The van der Waals surface area contributed by atoms with E-state index >= 15 is 0 Å². The van der Waals surface area contributed by atoms with Gasteiger partial charge in [-0.15, -0.1) is 5.69 Å². The number of benzene rings is 2. The molecule has 2 aromatic carbocycles. The fraction of sp³-hybridized carbons (Fsp3) is 0.512. The van der Waals surface area contributed by atoms with Gasteiger partial charge >= 0.3 is 0 Å². The van der Waals surface area contributed by atoms with Crippen LogP contribution >= 0.6 is 0 Å². The molecule has 3 heteroatoms. The van der Waals surface area contributed by atoms with Crippen LogP contribution in [0.5, 0.6) is 0 Å². The van der Waals surface area contributed by atoms with Gasteiger partial charge in [0.1, 0.15) is 0 Å². The summed E-state index contributed by atoms with van der Waals surface area (Å²) in [6, 6.07) is 25.0. The van der Waals surface area contributed by atoms with Gasteiger partial charge < -0.3 is 27.6 Å². The Morgan fingerprint density at radius 3 is 1.80 bits per heavy atom. The van der Waals surface area contributed by atoms with Crippen molar-refractivity contribution in [3.05, 3.63) is 122 Å². The van der Waals surface area contributed by atoms with Crippen LogP contribution in [-0.2, 0) is 25.8 Å². The van der Waals surface area contributed by atoms with Crippen LogP contribution in [0.25, 0.3) is 5.32 Å².